The lowest BCUT2D eigenvalue weighted by Crippen LogP contribution is -2.30. The van der Waals surface area contributed by atoms with Crippen molar-refractivity contribution >= 4 is 38.7 Å². The lowest BCUT2D eigenvalue weighted by Gasteiger charge is -2.24. The van der Waals surface area contributed by atoms with Gasteiger partial charge in [0.05, 0.1) is 27.0 Å². The highest BCUT2D eigenvalue weighted by Crippen LogP contribution is 2.31. The van der Waals surface area contributed by atoms with Crippen LogP contribution in [-0.2, 0) is 16.6 Å². The zero-order chi connectivity index (χ0) is 21.9. The van der Waals surface area contributed by atoms with Crippen LogP contribution < -0.4 is 4.31 Å². The Morgan fingerprint density at radius 2 is 1.57 bits per heavy atom. The van der Waals surface area contributed by atoms with Crippen molar-refractivity contribution in [3.63, 3.8) is 0 Å². The Bertz CT molecular complexity index is 1220. The van der Waals surface area contributed by atoms with Crippen LogP contribution in [0.3, 0.4) is 0 Å². The summed E-state index contributed by atoms with van der Waals surface area (Å²) in [5, 5.41) is 22.0. The molecule has 0 atom stereocenters. The minimum absolute atomic E-state index is 0.181. The molecular weight excluding hydrogens is 434 g/mol. The molecule has 0 N–H and O–H groups in total. The molecule has 0 fully saturated rings. The molecule has 0 bridgehead atoms. The molecule has 3 rings (SSSR count). The largest absolute Gasteiger partial charge is 0.289 e. The first kappa shape index (κ1) is 21.2. The summed E-state index contributed by atoms with van der Waals surface area (Å²) in [5.74, 6) is 0. The molecule has 0 saturated heterocycles. The third-order valence-corrected chi connectivity index (χ3v) is 6.28. The Kier molecular flexibility index (Phi) is 5.99. The van der Waals surface area contributed by atoms with Gasteiger partial charge in [0.2, 0.25) is 0 Å². The van der Waals surface area contributed by atoms with E-state index in [4.69, 9.17) is 11.6 Å². The summed E-state index contributed by atoms with van der Waals surface area (Å²) in [6, 6.07) is 16.9. The SMILES string of the molecule is O=[N+]([O-])c1cccc(CN(c2ccccc2)S(=O)(=O)c2ccc(Cl)c([N+](=O)[O-])c2)c1. The molecule has 0 aliphatic rings. The lowest BCUT2D eigenvalue weighted by molar-refractivity contribution is -0.385. The van der Waals surface area contributed by atoms with Crippen molar-refractivity contribution in [1.82, 2.24) is 0 Å². The van der Waals surface area contributed by atoms with Crippen molar-refractivity contribution in [3.05, 3.63) is 104 Å². The molecular formula is C19H14ClN3O6S. The van der Waals surface area contributed by atoms with Crippen molar-refractivity contribution in [3.8, 4) is 0 Å². The van der Waals surface area contributed by atoms with Gasteiger partial charge in [-0.15, -0.1) is 0 Å². The van der Waals surface area contributed by atoms with Crippen LogP contribution in [0.15, 0.2) is 77.7 Å². The first-order chi connectivity index (χ1) is 14.2. The standard InChI is InChI=1S/C19H14ClN3O6S/c20-18-10-9-17(12-19(18)23(26)27)30(28,29)21(15-6-2-1-3-7-15)13-14-5-4-8-16(11-14)22(24)25/h1-12H,13H2. The molecule has 0 aliphatic carbocycles. The van der Waals surface area contributed by atoms with Crippen molar-refractivity contribution in [2.45, 2.75) is 11.4 Å². The number of rotatable bonds is 7. The zero-order valence-electron chi connectivity index (χ0n) is 15.2. The molecule has 0 radical (unpaired) electrons. The predicted molar refractivity (Wildman–Crippen MR) is 111 cm³/mol. The van der Waals surface area contributed by atoms with E-state index in [1.54, 1.807) is 36.4 Å². The van der Waals surface area contributed by atoms with Crippen molar-refractivity contribution in [1.29, 1.82) is 0 Å². The molecule has 0 amide bonds. The Labute approximate surface area is 176 Å². The fourth-order valence-corrected chi connectivity index (χ4v) is 4.42. The Morgan fingerprint density at radius 3 is 2.20 bits per heavy atom. The normalized spacial score (nSPS) is 11.1. The summed E-state index contributed by atoms with van der Waals surface area (Å²) >= 11 is 5.80. The number of nitro benzene ring substituents is 2. The second kappa shape index (κ2) is 8.47. The van der Waals surface area contributed by atoms with Crippen LogP contribution in [0.5, 0.6) is 0 Å². The zero-order valence-corrected chi connectivity index (χ0v) is 16.8. The van der Waals surface area contributed by atoms with E-state index in [0.29, 0.717) is 11.3 Å². The van der Waals surface area contributed by atoms with E-state index in [0.717, 1.165) is 16.4 Å². The molecule has 0 saturated carbocycles. The van der Waals surface area contributed by atoms with E-state index in [1.165, 1.54) is 24.3 Å². The maximum absolute atomic E-state index is 13.4. The monoisotopic (exact) mass is 447 g/mol. The van der Waals surface area contributed by atoms with Crippen LogP contribution in [0.2, 0.25) is 5.02 Å². The summed E-state index contributed by atoms with van der Waals surface area (Å²) in [5.41, 5.74) is -0.0529. The molecule has 0 spiro atoms. The first-order valence-corrected chi connectivity index (χ1v) is 10.3. The third kappa shape index (κ3) is 4.39. The number of benzene rings is 3. The van der Waals surface area contributed by atoms with Crippen LogP contribution in [0.1, 0.15) is 5.56 Å². The van der Waals surface area contributed by atoms with Gasteiger partial charge in [-0.3, -0.25) is 24.5 Å². The molecule has 0 aromatic heterocycles. The van der Waals surface area contributed by atoms with Gasteiger partial charge >= 0.3 is 0 Å². The van der Waals surface area contributed by atoms with Gasteiger partial charge in [0.1, 0.15) is 5.02 Å². The van der Waals surface area contributed by atoms with Crippen molar-refractivity contribution in [2.75, 3.05) is 4.31 Å². The Balaban J connectivity index is 2.11. The number of non-ortho nitro benzene ring substituents is 1. The topological polar surface area (TPSA) is 124 Å². The molecule has 0 heterocycles. The van der Waals surface area contributed by atoms with Crippen LogP contribution in [-0.4, -0.2) is 18.3 Å². The van der Waals surface area contributed by atoms with E-state index in [1.807, 2.05) is 0 Å². The maximum Gasteiger partial charge on any atom is 0.289 e. The number of anilines is 1. The molecule has 30 heavy (non-hydrogen) atoms. The Hall–Kier alpha value is -3.50. The second-order valence-electron chi connectivity index (χ2n) is 6.14. The number of hydrogen-bond donors (Lipinski definition) is 0. The van der Waals surface area contributed by atoms with Gasteiger partial charge < -0.3 is 0 Å². The van der Waals surface area contributed by atoms with E-state index >= 15 is 0 Å². The molecule has 154 valence electrons. The van der Waals surface area contributed by atoms with Crippen LogP contribution in [0, 0.1) is 20.2 Å². The highest BCUT2D eigenvalue weighted by molar-refractivity contribution is 7.92. The number of nitrogens with zero attached hydrogens (tertiary/aromatic N) is 3. The van der Waals surface area contributed by atoms with E-state index in [2.05, 4.69) is 0 Å². The summed E-state index contributed by atoms with van der Waals surface area (Å²) in [6.45, 7) is -0.218. The first-order valence-electron chi connectivity index (χ1n) is 8.45. The van der Waals surface area contributed by atoms with Gasteiger partial charge in [-0.1, -0.05) is 41.9 Å². The molecule has 3 aromatic rings. The predicted octanol–water partition coefficient (Wildman–Crippen LogP) is 4.55. The summed E-state index contributed by atoms with van der Waals surface area (Å²) < 4.78 is 27.8. The third-order valence-electron chi connectivity index (χ3n) is 4.19. The number of hydrogen-bond acceptors (Lipinski definition) is 6. The van der Waals surface area contributed by atoms with Crippen LogP contribution in [0.25, 0.3) is 0 Å². The average Bonchev–Trinajstić information content (AvgIpc) is 2.72. The molecule has 9 nitrogen and oxygen atoms in total. The number of halogens is 1. The fraction of sp³-hybridized carbons (Fsp3) is 0.0526. The number of para-hydroxylation sites is 1. The minimum Gasteiger partial charge on any atom is -0.262 e. The van der Waals surface area contributed by atoms with Crippen LogP contribution in [0.4, 0.5) is 17.1 Å². The van der Waals surface area contributed by atoms with Gasteiger partial charge in [-0.2, -0.15) is 0 Å². The molecule has 3 aromatic carbocycles. The van der Waals surface area contributed by atoms with Gasteiger partial charge in [0.25, 0.3) is 21.4 Å². The summed E-state index contributed by atoms with van der Waals surface area (Å²) in [7, 11) is -4.26. The van der Waals surface area contributed by atoms with Crippen molar-refractivity contribution < 1.29 is 18.3 Å². The van der Waals surface area contributed by atoms with E-state index < -0.39 is 25.6 Å². The van der Waals surface area contributed by atoms with Gasteiger partial charge in [0.15, 0.2) is 0 Å². The second-order valence-corrected chi connectivity index (χ2v) is 8.41. The molecule has 0 unspecified atom stereocenters. The summed E-state index contributed by atoms with van der Waals surface area (Å²) in [6.07, 6.45) is 0. The lowest BCUT2D eigenvalue weighted by atomic mass is 10.2. The van der Waals surface area contributed by atoms with E-state index in [-0.39, 0.29) is 22.2 Å². The quantitative estimate of drug-likeness (QED) is 0.386. The molecule has 11 heteroatoms. The smallest absolute Gasteiger partial charge is 0.262 e. The maximum atomic E-state index is 13.4. The van der Waals surface area contributed by atoms with Gasteiger partial charge in [-0.05, 0) is 29.8 Å². The Morgan fingerprint density at radius 1 is 0.867 bits per heavy atom. The average molecular weight is 448 g/mol. The highest BCUT2D eigenvalue weighted by Gasteiger charge is 2.28. The molecule has 0 aliphatic heterocycles. The highest BCUT2D eigenvalue weighted by atomic mass is 35.5. The van der Waals surface area contributed by atoms with Gasteiger partial charge in [-0.25, -0.2) is 8.42 Å². The number of sulfonamides is 1. The number of nitro groups is 2. The van der Waals surface area contributed by atoms with Crippen molar-refractivity contribution in [2.24, 2.45) is 0 Å². The summed E-state index contributed by atoms with van der Waals surface area (Å²) in [4.78, 5) is 20.6. The minimum atomic E-state index is -4.26. The van der Waals surface area contributed by atoms with Gasteiger partial charge in [0, 0.05) is 18.2 Å². The fourth-order valence-electron chi connectivity index (χ4n) is 2.76. The van der Waals surface area contributed by atoms with Crippen LogP contribution >= 0.6 is 11.6 Å². The van der Waals surface area contributed by atoms with E-state index in [9.17, 15) is 28.6 Å².